The van der Waals surface area contributed by atoms with E-state index in [1.807, 2.05) is 37.3 Å². The lowest BCUT2D eigenvalue weighted by Gasteiger charge is -2.19. The molecule has 2 amide bonds. The van der Waals surface area contributed by atoms with Gasteiger partial charge in [0.05, 0.1) is 23.0 Å². The molecule has 1 aromatic heterocycles. The Labute approximate surface area is 133 Å². The number of aryl methyl sites for hydroxylation is 1. The van der Waals surface area contributed by atoms with Gasteiger partial charge in [-0.25, -0.2) is 4.90 Å². The summed E-state index contributed by atoms with van der Waals surface area (Å²) in [6, 6.07) is 9.54. The summed E-state index contributed by atoms with van der Waals surface area (Å²) in [7, 11) is 0. The van der Waals surface area contributed by atoms with Crippen LogP contribution in [0.15, 0.2) is 42.5 Å². The van der Waals surface area contributed by atoms with Gasteiger partial charge in [-0.2, -0.15) is 0 Å². The first-order chi connectivity index (χ1) is 11.1. The molecule has 2 aliphatic carbocycles. The van der Waals surface area contributed by atoms with Crippen molar-refractivity contribution in [1.29, 1.82) is 0 Å². The van der Waals surface area contributed by atoms with Gasteiger partial charge in [0.1, 0.15) is 0 Å². The minimum absolute atomic E-state index is 0.0346. The number of allylic oxidation sites excluding steroid dienone is 2. The molecule has 1 saturated heterocycles. The van der Waals surface area contributed by atoms with Gasteiger partial charge in [-0.1, -0.05) is 30.4 Å². The van der Waals surface area contributed by atoms with Gasteiger partial charge in [-0.3, -0.25) is 14.6 Å². The molecule has 4 heteroatoms. The zero-order valence-electron chi connectivity index (χ0n) is 12.8. The van der Waals surface area contributed by atoms with E-state index >= 15 is 0 Å². The number of fused-ring (bicyclic) bond motifs is 6. The Morgan fingerprint density at radius 1 is 1.04 bits per heavy atom. The summed E-state index contributed by atoms with van der Waals surface area (Å²) in [4.78, 5) is 31.9. The number of imide groups is 1. The van der Waals surface area contributed by atoms with Crippen LogP contribution in [0.1, 0.15) is 12.1 Å². The normalized spacial score (nSPS) is 31.4. The second kappa shape index (κ2) is 4.28. The maximum Gasteiger partial charge on any atom is 0.238 e. The van der Waals surface area contributed by atoms with Gasteiger partial charge in [0, 0.05) is 11.1 Å². The Balaban J connectivity index is 1.69. The first-order valence-electron chi connectivity index (χ1n) is 8.07. The van der Waals surface area contributed by atoms with Gasteiger partial charge in [0.2, 0.25) is 11.8 Å². The number of amides is 2. The quantitative estimate of drug-likeness (QED) is 0.601. The Hall–Kier alpha value is -2.49. The van der Waals surface area contributed by atoms with Gasteiger partial charge in [-0.05, 0) is 37.3 Å². The number of anilines is 1. The highest BCUT2D eigenvalue weighted by Gasteiger charge is 2.59. The third kappa shape index (κ3) is 1.58. The molecule has 5 rings (SSSR count). The number of rotatable bonds is 1. The molecule has 0 radical (unpaired) electrons. The fourth-order valence-electron chi connectivity index (χ4n) is 4.61. The molecule has 2 aromatic rings. The lowest BCUT2D eigenvalue weighted by atomic mass is 9.85. The van der Waals surface area contributed by atoms with E-state index in [9.17, 15) is 9.59 Å². The first kappa shape index (κ1) is 13.0. The van der Waals surface area contributed by atoms with Gasteiger partial charge >= 0.3 is 0 Å². The largest absolute Gasteiger partial charge is 0.274 e. The highest BCUT2D eigenvalue weighted by atomic mass is 16.2. The van der Waals surface area contributed by atoms with E-state index in [1.165, 1.54) is 4.90 Å². The summed E-state index contributed by atoms with van der Waals surface area (Å²) in [5.74, 6) is 0.0796. The van der Waals surface area contributed by atoms with Crippen LogP contribution in [0.4, 0.5) is 5.69 Å². The maximum absolute atomic E-state index is 13.0. The van der Waals surface area contributed by atoms with E-state index in [-0.39, 0.29) is 35.5 Å². The number of aromatic nitrogens is 1. The number of pyridine rings is 1. The summed E-state index contributed by atoms with van der Waals surface area (Å²) in [5.41, 5.74) is 2.33. The van der Waals surface area contributed by atoms with Crippen LogP contribution < -0.4 is 4.90 Å². The van der Waals surface area contributed by atoms with Crippen molar-refractivity contribution < 1.29 is 9.59 Å². The third-order valence-electron chi connectivity index (χ3n) is 5.53. The van der Waals surface area contributed by atoms with Crippen LogP contribution in [0.3, 0.4) is 0 Å². The van der Waals surface area contributed by atoms with E-state index < -0.39 is 0 Å². The topological polar surface area (TPSA) is 50.3 Å². The Kier molecular flexibility index (Phi) is 2.42. The van der Waals surface area contributed by atoms with Crippen molar-refractivity contribution in [1.82, 2.24) is 4.98 Å². The number of hydrogen-bond donors (Lipinski definition) is 0. The predicted molar refractivity (Wildman–Crippen MR) is 86.7 cm³/mol. The highest BCUT2D eigenvalue weighted by Crippen LogP contribution is 2.53. The lowest BCUT2D eigenvalue weighted by molar-refractivity contribution is -0.123. The molecule has 0 spiro atoms. The van der Waals surface area contributed by atoms with Gasteiger partial charge < -0.3 is 0 Å². The molecule has 2 heterocycles. The second-order valence-electron chi connectivity index (χ2n) is 6.81. The molecule has 2 fully saturated rings. The zero-order chi connectivity index (χ0) is 15.7. The van der Waals surface area contributed by atoms with E-state index in [1.54, 1.807) is 0 Å². The van der Waals surface area contributed by atoms with E-state index in [4.69, 9.17) is 0 Å². The van der Waals surface area contributed by atoms with Crippen LogP contribution in [0.2, 0.25) is 0 Å². The molecule has 2 bridgehead atoms. The van der Waals surface area contributed by atoms with Gasteiger partial charge in [-0.15, -0.1) is 0 Å². The predicted octanol–water partition coefficient (Wildman–Crippen LogP) is 2.85. The van der Waals surface area contributed by atoms with Crippen LogP contribution in [0.5, 0.6) is 0 Å². The fourth-order valence-corrected chi connectivity index (χ4v) is 4.61. The molecule has 0 unspecified atom stereocenters. The van der Waals surface area contributed by atoms with E-state index in [2.05, 4.69) is 17.1 Å². The average molecular weight is 304 g/mol. The molecule has 4 atom stereocenters. The van der Waals surface area contributed by atoms with Crippen LogP contribution in [0, 0.1) is 30.6 Å². The van der Waals surface area contributed by atoms with Crippen LogP contribution in [-0.2, 0) is 9.59 Å². The molecule has 0 N–H and O–H groups in total. The first-order valence-corrected chi connectivity index (χ1v) is 8.07. The average Bonchev–Trinajstić information content (AvgIpc) is 3.21. The van der Waals surface area contributed by atoms with E-state index in [0.29, 0.717) is 5.69 Å². The minimum atomic E-state index is -0.162. The monoisotopic (exact) mass is 304 g/mol. The van der Waals surface area contributed by atoms with E-state index in [0.717, 1.165) is 23.0 Å². The Morgan fingerprint density at radius 2 is 1.70 bits per heavy atom. The van der Waals surface area contributed by atoms with Crippen molar-refractivity contribution in [3.8, 4) is 0 Å². The standard InChI is InChI=1S/C19H16N2O2/c1-10-8-15(13-4-2-3-5-14(13)20-10)21-18(22)16-11-6-7-12(9-11)17(16)19(21)23/h2-8,11-12,16-17H,9H2,1H3/t11-,12-,16+,17+/m1/s1. The summed E-state index contributed by atoms with van der Waals surface area (Å²) < 4.78 is 0. The molecule has 1 aliphatic heterocycles. The number of para-hydroxylation sites is 1. The van der Waals surface area contributed by atoms with Crippen molar-refractivity contribution in [3.63, 3.8) is 0 Å². The summed E-state index contributed by atoms with van der Waals surface area (Å²) in [5, 5.41) is 0.861. The van der Waals surface area contributed by atoms with Crippen LogP contribution in [0.25, 0.3) is 10.9 Å². The van der Waals surface area contributed by atoms with Crippen molar-refractivity contribution in [3.05, 3.63) is 48.2 Å². The van der Waals surface area contributed by atoms with Crippen molar-refractivity contribution in [2.45, 2.75) is 13.3 Å². The smallest absolute Gasteiger partial charge is 0.238 e. The summed E-state index contributed by atoms with van der Waals surface area (Å²) in [6.07, 6.45) is 5.20. The minimum Gasteiger partial charge on any atom is -0.274 e. The van der Waals surface area contributed by atoms with Gasteiger partial charge in [0.15, 0.2) is 0 Å². The molecular weight excluding hydrogens is 288 g/mol. The third-order valence-corrected chi connectivity index (χ3v) is 5.53. The number of nitrogens with zero attached hydrogens (tertiary/aromatic N) is 2. The van der Waals surface area contributed by atoms with Crippen LogP contribution in [-0.4, -0.2) is 16.8 Å². The second-order valence-corrected chi connectivity index (χ2v) is 6.81. The van der Waals surface area contributed by atoms with Gasteiger partial charge in [0.25, 0.3) is 0 Å². The Bertz CT molecular complexity index is 871. The number of carbonyl (C=O) groups is 2. The number of carbonyl (C=O) groups excluding carboxylic acids is 2. The van der Waals surface area contributed by atoms with Crippen molar-refractivity contribution in [2.24, 2.45) is 23.7 Å². The molecule has 1 aromatic carbocycles. The summed E-state index contributed by atoms with van der Waals surface area (Å²) in [6.45, 7) is 1.90. The zero-order valence-corrected chi connectivity index (χ0v) is 12.8. The van der Waals surface area contributed by atoms with Crippen molar-refractivity contribution >= 4 is 28.4 Å². The Morgan fingerprint density at radius 3 is 2.39 bits per heavy atom. The maximum atomic E-state index is 13.0. The number of benzene rings is 1. The highest BCUT2D eigenvalue weighted by molar-refractivity contribution is 6.25. The lowest BCUT2D eigenvalue weighted by Crippen LogP contribution is -2.33. The molecule has 4 nitrogen and oxygen atoms in total. The summed E-state index contributed by atoms with van der Waals surface area (Å²) >= 11 is 0. The molecule has 23 heavy (non-hydrogen) atoms. The van der Waals surface area contributed by atoms with Crippen LogP contribution >= 0.6 is 0 Å². The van der Waals surface area contributed by atoms with Crippen molar-refractivity contribution in [2.75, 3.05) is 4.90 Å². The molecular formula is C19H16N2O2. The number of hydrogen-bond acceptors (Lipinski definition) is 3. The molecule has 3 aliphatic rings. The molecule has 114 valence electrons. The SMILES string of the molecule is Cc1cc(N2C(=O)[C@@H]3[C@@H](C2=O)[C@@H]2C=C[C@@H]3C2)c2ccccc2n1. The molecule has 1 saturated carbocycles. The fraction of sp³-hybridized carbons (Fsp3) is 0.316.